The van der Waals surface area contributed by atoms with E-state index in [9.17, 15) is 19.5 Å². The van der Waals surface area contributed by atoms with Gasteiger partial charge in [-0.25, -0.2) is 0 Å². The Morgan fingerprint density at radius 3 is 2.67 bits per heavy atom. The Bertz CT molecular complexity index is 785. The van der Waals surface area contributed by atoms with E-state index in [-0.39, 0.29) is 24.0 Å². The van der Waals surface area contributed by atoms with E-state index in [2.05, 4.69) is 5.32 Å². The van der Waals surface area contributed by atoms with E-state index < -0.39 is 23.0 Å². The maximum atomic E-state index is 12.7. The SMILES string of the molecule is COCCN1CN(C)n2cc(C(=O)NC3CCCCC3)c(=O)c(O)c2C1=O. The second-order valence-electron chi connectivity index (χ2n) is 7.08. The van der Waals surface area contributed by atoms with Crippen LogP contribution < -0.4 is 15.8 Å². The molecule has 9 nitrogen and oxygen atoms in total. The number of fused-ring (bicyclic) bond motifs is 1. The minimum absolute atomic E-state index is 0.0396. The molecular weight excluding hydrogens is 352 g/mol. The molecule has 3 rings (SSSR count). The number of hydrogen-bond acceptors (Lipinski definition) is 6. The van der Waals surface area contributed by atoms with Crippen molar-refractivity contribution in [1.29, 1.82) is 0 Å². The number of rotatable bonds is 5. The Morgan fingerprint density at radius 1 is 1.30 bits per heavy atom. The highest BCUT2D eigenvalue weighted by Crippen LogP contribution is 2.21. The molecule has 1 saturated carbocycles. The van der Waals surface area contributed by atoms with E-state index in [0.29, 0.717) is 13.2 Å². The van der Waals surface area contributed by atoms with E-state index in [4.69, 9.17) is 4.74 Å². The molecule has 0 radical (unpaired) electrons. The largest absolute Gasteiger partial charge is 0.502 e. The highest BCUT2D eigenvalue weighted by molar-refractivity contribution is 5.99. The summed E-state index contributed by atoms with van der Waals surface area (Å²) in [5.41, 5.74) is -1.13. The second kappa shape index (κ2) is 7.99. The normalized spacial score (nSPS) is 17.8. The molecule has 1 aliphatic carbocycles. The van der Waals surface area contributed by atoms with Crippen molar-refractivity contribution in [2.45, 2.75) is 38.1 Å². The Balaban J connectivity index is 1.90. The lowest BCUT2D eigenvalue weighted by Crippen LogP contribution is -2.53. The molecule has 0 spiro atoms. The van der Waals surface area contributed by atoms with Gasteiger partial charge in [0.2, 0.25) is 5.43 Å². The fourth-order valence-corrected chi connectivity index (χ4v) is 3.63. The lowest BCUT2D eigenvalue weighted by molar-refractivity contribution is 0.0628. The first-order valence-corrected chi connectivity index (χ1v) is 9.23. The first kappa shape index (κ1) is 19.2. The van der Waals surface area contributed by atoms with Gasteiger partial charge in [0, 0.05) is 32.9 Å². The topological polar surface area (TPSA) is 104 Å². The molecule has 27 heavy (non-hydrogen) atoms. The van der Waals surface area contributed by atoms with Crippen LogP contribution in [0.1, 0.15) is 53.0 Å². The van der Waals surface area contributed by atoms with Gasteiger partial charge in [-0.2, -0.15) is 0 Å². The second-order valence-corrected chi connectivity index (χ2v) is 7.08. The summed E-state index contributed by atoms with van der Waals surface area (Å²) in [4.78, 5) is 39.3. The third-order valence-electron chi connectivity index (χ3n) is 5.15. The Hall–Kier alpha value is -2.55. The molecule has 0 atom stereocenters. The van der Waals surface area contributed by atoms with Gasteiger partial charge in [-0.15, -0.1) is 0 Å². The molecular formula is C18H26N4O5. The monoisotopic (exact) mass is 378 g/mol. The minimum Gasteiger partial charge on any atom is -0.502 e. The van der Waals surface area contributed by atoms with Crippen molar-refractivity contribution in [2.75, 3.05) is 39.0 Å². The predicted octanol–water partition coefficient (Wildman–Crippen LogP) is 0.244. The minimum atomic E-state index is -0.829. The molecule has 2 amide bonds. The zero-order valence-electron chi connectivity index (χ0n) is 15.7. The number of nitrogens with one attached hydrogen (secondary N) is 1. The maximum Gasteiger partial charge on any atom is 0.277 e. The predicted molar refractivity (Wildman–Crippen MR) is 98.6 cm³/mol. The number of pyridine rings is 1. The lowest BCUT2D eigenvalue weighted by Gasteiger charge is -2.37. The third-order valence-corrected chi connectivity index (χ3v) is 5.15. The van der Waals surface area contributed by atoms with Crippen LogP contribution >= 0.6 is 0 Å². The van der Waals surface area contributed by atoms with Crippen molar-refractivity contribution in [2.24, 2.45) is 0 Å². The number of methoxy groups -OCH3 is 1. The number of aromatic hydroxyl groups is 1. The molecule has 9 heteroatoms. The average molecular weight is 378 g/mol. The van der Waals surface area contributed by atoms with Crippen molar-refractivity contribution >= 4 is 11.8 Å². The van der Waals surface area contributed by atoms with Crippen LogP contribution in [0.5, 0.6) is 5.75 Å². The van der Waals surface area contributed by atoms with Crippen molar-refractivity contribution in [3.63, 3.8) is 0 Å². The van der Waals surface area contributed by atoms with Crippen LogP contribution in [0.2, 0.25) is 0 Å². The third kappa shape index (κ3) is 3.78. The van der Waals surface area contributed by atoms with E-state index in [1.807, 2.05) is 0 Å². The molecule has 1 fully saturated rings. The summed E-state index contributed by atoms with van der Waals surface area (Å²) in [5, 5.41) is 14.9. The summed E-state index contributed by atoms with van der Waals surface area (Å²) in [5.74, 6) is -1.69. The number of ether oxygens (including phenoxy) is 1. The van der Waals surface area contributed by atoms with E-state index >= 15 is 0 Å². The summed E-state index contributed by atoms with van der Waals surface area (Å²) in [6.45, 7) is 0.921. The standard InChI is InChI=1S/C18H26N4O5/c1-20-11-21(8-9-27-2)18(26)14-16(24)15(23)13(10-22(14)20)17(25)19-12-6-4-3-5-7-12/h10,12,24H,3-9,11H2,1-2H3,(H,19,25). The van der Waals surface area contributed by atoms with Crippen molar-refractivity contribution in [3.05, 3.63) is 27.7 Å². The highest BCUT2D eigenvalue weighted by Gasteiger charge is 2.33. The van der Waals surface area contributed by atoms with Gasteiger partial charge in [-0.3, -0.25) is 24.1 Å². The van der Waals surface area contributed by atoms with E-state index in [1.165, 1.54) is 22.9 Å². The van der Waals surface area contributed by atoms with Gasteiger partial charge in [0.15, 0.2) is 11.4 Å². The van der Waals surface area contributed by atoms with Gasteiger partial charge >= 0.3 is 0 Å². The molecule has 1 aromatic rings. The Kier molecular flexibility index (Phi) is 5.69. The fourth-order valence-electron chi connectivity index (χ4n) is 3.63. The smallest absolute Gasteiger partial charge is 0.277 e. The van der Waals surface area contributed by atoms with E-state index in [0.717, 1.165) is 32.1 Å². The number of carbonyl (C=O) groups is 2. The molecule has 1 aliphatic heterocycles. The summed E-state index contributed by atoms with van der Waals surface area (Å²) in [6.07, 6.45) is 6.36. The summed E-state index contributed by atoms with van der Waals surface area (Å²) < 4.78 is 6.37. The maximum absolute atomic E-state index is 12.7. The van der Waals surface area contributed by atoms with Crippen LogP contribution in [0, 0.1) is 0 Å². The molecule has 2 aliphatic rings. The molecule has 0 aromatic carbocycles. The molecule has 0 unspecified atom stereocenters. The van der Waals surface area contributed by atoms with Crippen LogP contribution in [0.15, 0.2) is 11.0 Å². The first-order chi connectivity index (χ1) is 12.9. The van der Waals surface area contributed by atoms with Gasteiger partial charge in [0.1, 0.15) is 12.2 Å². The van der Waals surface area contributed by atoms with Crippen molar-refractivity contribution in [1.82, 2.24) is 14.9 Å². The zero-order chi connectivity index (χ0) is 19.6. The number of hydrogen-bond donors (Lipinski definition) is 2. The van der Waals surface area contributed by atoms with Crippen LogP contribution in [-0.4, -0.2) is 66.5 Å². The summed E-state index contributed by atoms with van der Waals surface area (Å²) in [6, 6.07) is 0.0396. The van der Waals surface area contributed by atoms with Crippen LogP contribution in [0.25, 0.3) is 0 Å². The lowest BCUT2D eigenvalue weighted by atomic mass is 9.95. The number of carbonyl (C=O) groups excluding carboxylic acids is 2. The van der Waals surface area contributed by atoms with Gasteiger partial charge < -0.3 is 20.1 Å². The number of amides is 2. The fraction of sp³-hybridized carbons (Fsp3) is 0.611. The van der Waals surface area contributed by atoms with Crippen molar-refractivity contribution < 1.29 is 19.4 Å². The Labute approximate surface area is 157 Å². The molecule has 0 bridgehead atoms. The van der Waals surface area contributed by atoms with Crippen molar-refractivity contribution in [3.8, 4) is 5.75 Å². The van der Waals surface area contributed by atoms with Gasteiger partial charge in [-0.1, -0.05) is 19.3 Å². The molecule has 2 N–H and O–H groups in total. The summed E-state index contributed by atoms with van der Waals surface area (Å²) >= 11 is 0. The quantitative estimate of drug-likeness (QED) is 0.761. The van der Waals surface area contributed by atoms with Gasteiger partial charge in [0.05, 0.1) is 6.61 Å². The molecule has 2 heterocycles. The molecule has 1 aromatic heterocycles. The first-order valence-electron chi connectivity index (χ1n) is 9.23. The molecule has 0 saturated heterocycles. The van der Waals surface area contributed by atoms with Crippen LogP contribution in [-0.2, 0) is 4.74 Å². The summed E-state index contributed by atoms with van der Waals surface area (Å²) in [7, 11) is 3.24. The highest BCUT2D eigenvalue weighted by atomic mass is 16.5. The van der Waals surface area contributed by atoms with E-state index in [1.54, 1.807) is 12.1 Å². The number of aromatic nitrogens is 1. The number of nitrogens with zero attached hydrogens (tertiary/aromatic N) is 3. The Morgan fingerprint density at radius 2 is 2.00 bits per heavy atom. The van der Waals surface area contributed by atoms with Gasteiger partial charge in [0.25, 0.3) is 11.8 Å². The van der Waals surface area contributed by atoms with Crippen LogP contribution in [0.4, 0.5) is 0 Å². The average Bonchev–Trinajstić information content (AvgIpc) is 2.66. The van der Waals surface area contributed by atoms with Crippen LogP contribution in [0.3, 0.4) is 0 Å². The zero-order valence-corrected chi connectivity index (χ0v) is 15.7. The van der Waals surface area contributed by atoms with Gasteiger partial charge in [-0.05, 0) is 12.8 Å². The molecule has 148 valence electrons.